The van der Waals surface area contributed by atoms with Crippen LogP contribution >= 0.6 is 0 Å². The Hall–Kier alpha value is -1.35. The van der Waals surface area contributed by atoms with Crippen molar-refractivity contribution in [1.82, 2.24) is 0 Å². The van der Waals surface area contributed by atoms with Gasteiger partial charge in [0, 0.05) is 6.42 Å². The van der Waals surface area contributed by atoms with Gasteiger partial charge in [0.2, 0.25) is 0 Å². The largest absolute Gasteiger partial charge is 0.466 e. The maximum atomic E-state index is 11.1. The van der Waals surface area contributed by atoms with Crippen molar-refractivity contribution in [2.45, 2.75) is 77.7 Å². The zero-order valence-corrected chi connectivity index (χ0v) is 14.9. The first-order valence-electron chi connectivity index (χ1n) is 9.02. The molecule has 0 fully saturated rings. The van der Waals surface area contributed by atoms with Crippen LogP contribution in [0.4, 0.5) is 0 Å². The average Bonchev–Trinajstić information content (AvgIpc) is 2.55. The Labute approximate surface area is 142 Å². The van der Waals surface area contributed by atoms with E-state index < -0.39 is 0 Å². The predicted octanol–water partition coefficient (Wildman–Crippen LogP) is 5.11. The fraction of sp³-hybridized carbons (Fsp3) is 0.650. The van der Waals surface area contributed by atoms with E-state index in [1.54, 1.807) is 0 Å². The second-order valence-corrected chi connectivity index (χ2v) is 5.61. The molecule has 1 atom stereocenters. The molecule has 3 heteroatoms. The molecule has 0 saturated carbocycles. The zero-order valence-electron chi connectivity index (χ0n) is 14.9. The summed E-state index contributed by atoms with van der Waals surface area (Å²) in [6.45, 7) is 4.29. The molecule has 23 heavy (non-hydrogen) atoms. The lowest BCUT2D eigenvalue weighted by Gasteiger charge is -2.01. The first kappa shape index (κ1) is 21.6. The van der Waals surface area contributed by atoms with Crippen LogP contribution in [0.25, 0.3) is 0 Å². The summed E-state index contributed by atoms with van der Waals surface area (Å²) in [5.74, 6) is -0.0671. The summed E-state index contributed by atoms with van der Waals surface area (Å²) in [6.07, 6.45) is 20.9. The molecule has 0 aliphatic carbocycles. The van der Waals surface area contributed by atoms with Crippen LogP contribution in [0.5, 0.6) is 0 Å². The lowest BCUT2D eigenvalue weighted by atomic mass is 10.1. The van der Waals surface area contributed by atoms with E-state index in [-0.39, 0.29) is 12.1 Å². The quantitative estimate of drug-likeness (QED) is 0.209. The van der Waals surface area contributed by atoms with Gasteiger partial charge in [-0.25, -0.2) is 0 Å². The molecular formula is C20H34O3. The first-order chi connectivity index (χ1) is 11.2. The van der Waals surface area contributed by atoms with Crippen molar-refractivity contribution >= 4 is 5.97 Å². The predicted molar refractivity (Wildman–Crippen MR) is 97.3 cm³/mol. The second kappa shape index (κ2) is 17.0. The molecule has 3 nitrogen and oxygen atoms in total. The Kier molecular flexibility index (Phi) is 16.0. The second-order valence-electron chi connectivity index (χ2n) is 5.61. The van der Waals surface area contributed by atoms with Crippen LogP contribution in [-0.2, 0) is 9.53 Å². The van der Waals surface area contributed by atoms with Gasteiger partial charge in [-0.3, -0.25) is 4.79 Å². The molecule has 1 N–H and O–H groups in total. The van der Waals surface area contributed by atoms with Gasteiger partial charge >= 0.3 is 5.97 Å². The van der Waals surface area contributed by atoms with Crippen LogP contribution in [0.3, 0.4) is 0 Å². The highest BCUT2D eigenvalue weighted by atomic mass is 16.5. The number of rotatable bonds is 14. The number of aliphatic hydroxyl groups excluding tert-OH is 1. The van der Waals surface area contributed by atoms with Gasteiger partial charge in [-0.1, -0.05) is 62.6 Å². The fourth-order valence-corrected chi connectivity index (χ4v) is 2.07. The van der Waals surface area contributed by atoms with Crippen molar-refractivity contribution in [3.63, 3.8) is 0 Å². The van der Waals surface area contributed by atoms with Crippen molar-refractivity contribution < 1.29 is 14.6 Å². The highest BCUT2D eigenvalue weighted by Crippen LogP contribution is 2.08. The molecule has 0 aliphatic rings. The van der Waals surface area contributed by atoms with Gasteiger partial charge in [-0.15, -0.1) is 0 Å². The normalized spacial score (nSPS) is 13.3. The molecule has 0 saturated heterocycles. The summed E-state index contributed by atoms with van der Waals surface area (Å²) in [5.41, 5.74) is 0. The zero-order chi connectivity index (χ0) is 17.2. The van der Waals surface area contributed by atoms with E-state index in [4.69, 9.17) is 4.74 Å². The van der Waals surface area contributed by atoms with Crippen LogP contribution in [0.15, 0.2) is 36.5 Å². The molecule has 0 rings (SSSR count). The minimum absolute atomic E-state index is 0.0671. The molecule has 0 aromatic carbocycles. The molecule has 0 amide bonds. The number of allylic oxidation sites excluding steroid dienone is 5. The lowest BCUT2D eigenvalue weighted by Crippen LogP contribution is -2.03. The molecule has 0 aromatic heterocycles. The molecule has 0 bridgehead atoms. The SMILES string of the molecule is CCOC(=O)CCCCCCC/C=C\C/C=C\C=C\C(O)CC. The van der Waals surface area contributed by atoms with Crippen molar-refractivity contribution in [3.05, 3.63) is 36.5 Å². The average molecular weight is 322 g/mol. The van der Waals surface area contributed by atoms with E-state index in [1.165, 1.54) is 19.3 Å². The van der Waals surface area contributed by atoms with Crippen molar-refractivity contribution in [1.29, 1.82) is 0 Å². The van der Waals surface area contributed by atoms with Crippen LogP contribution < -0.4 is 0 Å². The Morgan fingerprint density at radius 3 is 2.48 bits per heavy atom. The Morgan fingerprint density at radius 2 is 1.74 bits per heavy atom. The monoisotopic (exact) mass is 322 g/mol. The van der Waals surface area contributed by atoms with Crippen molar-refractivity contribution in [3.8, 4) is 0 Å². The Balaban J connectivity index is 3.36. The smallest absolute Gasteiger partial charge is 0.305 e. The van der Waals surface area contributed by atoms with E-state index in [0.717, 1.165) is 32.1 Å². The standard InChI is InChI=1S/C20H34O3/c1-3-19(21)17-15-13-11-9-7-5-6-8-10-12-14-16-18-20(22)23-4-2/h5,7,11,13,15,17,19,21H,3-4,6,8-10,12,14,16,18H2,1-2H3/b7-5-,13-11-,17-15+. The van der Waals surface area contributed by atoms with Crippen LogP contribution in [0.2, 0.25) is 0 Å². The summed E-state index contributed by atoms with van der Waals surface area (Å²) in [7, 11) is 0. The highest BCUT2D eigenvalue weighted by Gasteiger charge is 2.00. The molecule has 1 unspecified atom stereocenters. The topological polar surface area (TPSA) is 46.5 Å². The number of carbonyl (C=O) groups excluding carboxylic acids is 1. The maximum Gasteiger partial charge on any atom is 0.305 e. The Morgan fingerprint density at radius 1 is 1.00 bits per heavy atom. The summed E-state index contributed by atoms with van der Waals surface area (Å²) in [5, 5.41) is 9.33. The maximum absolute atomic E-state index is 11.1. The molecule has 0 aromatic rings. The number of ether oxygens (including phenoxy) is 1. The molecule has 0 spiro atoms. The first-order valence-corrected chi connectivity index (χ1v) is 9.02. The van der Waals surface area contributed by atoms with E-state index >= 15 is 0 Å². The fourth-order valence-electron chi connectivity index (χ4n) is 2.07. The van der Waals surface area contributed by atoms with Crippen LogP contribution in [-0.4, -0.2) is 23.8 Å². The Bertz CT molecular complexity index is 356. The molecule has 0 aliphatic heterocycles. The lowest BCUT2D eigenvalue weighted by molar-refractivity contribution is -0.143. The highest BCUT2D eigenvalue weighted by molar-refractivity contribution is 5.69. The van der Waals surface area contributed by atoms with Gasteiger partial charge in [0.25, 0.3) is 0 Å². The number of esters is 1. The summed E-state index contributed by atoms with van der Waals surface area (Å²) < 4.78 is 4.90. The van der Waals surface area contributed by atoms with Gasteiger partial charge in [-0.2, -0.15) is 0 Å². The van der Waals surface area contributed by atoms with Gasteiger partial charge < -0.3 is 9.84 Å². The summed E-state index contributed by atoms with van der Waals surface area (Å²) >= 11 is 0. The van der Waals surface area contributed by atoms with Gasteiger partial charge in [-0.05, 0) is 39.0 Å². The van der Waals surface area contributed by atoms with Gasteiger partial charge in [0.1, 0.15) is 0 Å². The van der Waals surface area contributed by atoms with E-state index in [1.807, 2.05) is 32.1 Å². The molecular weight excluding hydrogens is 288 g/mol. The van der Waals surface area contributed by atoms with Crippen LogP contribution in [0.1, 0.15) is 71.6 Å². The van der Waals surface area contributed by atoms with E-state index in [0.29, 0.717) is 13.0 Å². The number of hydrogen-bond acceptors (Lipinski definition) is 3. The van der Waals surface area contributed by atoms with Crippen LogP contribution in [0, 0.1) is 0 Å². The molecule has 0 heterocycles. The third kappa shape index (κ3) is 16.8. The summed E-state index contributed by atoms with van der Waals surface area (Å²) in [4.78, 5) is 11.1. The molecule has 0 radical (unpaired) electrons. The number of aliphatic hydroxyl groups is 1. The molecule has 132 valence electrons. The minimum atomic E-state index is -0.326. The summed E-state index contributed by atoms with van der Waals surface area (Å²) in [6, 6.07) is 0. The third-order valence-electron chi connectivity index (χ3n) is 3.49. The third-order valence-corrected chi connectivity index (χ3v) is 3.49. The van der Waals surface area contributed by atoms with E-state index in [9.17, 15) is 9.90 Å². The number of unbranched alkanes of at least 4 members (excludes halogenated alkanes) is 5. The van der Waals surface area contributed by atoms with E-state index in [2.05, 4.69) is 18.2 Å². The number of hydrogen-bond donors (Lipinski definition) is 1. The number of carbonyl (C=O) groups is 1. The minimum Gasteiger partial charge on any atom is -0.466 e. The van der Waals surface area contributed by atoms with Crippen molar-refractivity contribution in [2.24, 2.45) is 0 Å². The van der Waals surface area contributed by atoms with Crippen molar-refractivity contribution in [2.75, 3.05) is 6.61 Å². The van der Waals surface area contributed by atoms with Gasteiger partial charge in [0.15, 0.2) is 0 Å². The van der Waals surface area contributed by atoms with Gasteiger partial charge in [0.05, 0.1) is 12.7 Å².